The molecule has 0 aliphatic heterocycles. The number of nitrogens with one attached hydrogen (secondary N) is 1. The molecule has 1 N–H and O–H groups in total. The van der Waals surface area contributed by atoms with Crippen LogP contribution in [0.5, 0.6) is 0 Å². The number of ether oxygens (including phenoxy) is 1. The Kier molecular flexibility index (Phi) is 5.40. The Balaban J connectivity index is 2.17. The summed E-state index contributed by atoms with van der Waals surface area (Å²) in [5, 5.41) is 2.82. The van der Waals surface area contributed by atoms with Crippen molar-refractivity contribution in [3.63, 3.8) is 0 Å². The zero-order valence-corrected chi connectivity index (χ0v) is 15.1. The van der Waals surface area contributed by atoms with Gasteiger partial charge in [0.1, 0.15) is 6.54 Å². The van der Waals surface area contributed by atoms with Crippen LogP contribution in [0.15, 0.2) is 59.5 Å². The van der Waals surface area contributed by atoms with Crippen molar-refractivity contribution in [1.29, 1.82) is 0 Å². The number of fused-ring (bicyclic) bond motifs is 1. The zero-order chi connectivity index (χ0) is 21.2. The number of hydrogen-bond acceptors (Lipinski definition) is 4. The molecule has 3 aromatic rings. The molecule has 6 nitrogen and oxygen atoms in total. The Bertz CT molecular complexity index is 1150. The number of benzene rings is 2. The Hall–Kier alpha value is -3.62. The van der Waals surface area contributed by atoms with Gasteiger partial charge >= 0.3 is 12.1 Å². The van der Waals surface area contributed by atoms with Crippen molar-refractivity contribution in [1.82, 2.24) is 9.88 Å². The van der Waals surface area contributed by atoms with Gasteiger partial charge in [0.2, 0.25) is 0 Å². The van der Waals surface area contributed by atoms with Crippen LogP contribution >= 0.6 is 0 Å². The number of amides is 1. The molecule has 0 radical (unpaired) electrons. The van der Waals surface area contributed by atoms with E-state index >= 15 is 0 Å². The molecule has 0 fully saturated rings. The zero-order valence-electron chi connectivity index (χ0n) is 15.1. The maximum absolute atomic E-state index is 13.1. The number of aromatic nitrogens is 1. The lowest BCUT2D eigenvalue weighted by Gasteiger charge is -2.14. The van der Waals surface area contributed by atoms with Gasteiger partial charge in [0.05, 0.1) is 18.2 Å². The third-order valence-corrected chi connectivity index (χ3v) is 4.24. The third-order valence-electron chi connectivity index (χ3n) is 4.24. The van der Waals surface area contributed by atoms with Crippen LogP contribution < -0.4 is 10.9 Å². The van der Waals surface area contributed by atoms with Crippen LogP contribution in [0.1, 0.15) is 15.9 Å². The molecule has 0 saturated carbocycles. The van der Waals surface area contributed by atoms with Crippen LogP contribution in [0.25, 0.3) is 16.5 Å². The second-order valence-corrected chi connectivity index (χ2v) is 6.07. The quantitative estimate of drug-likeness (QED) is 0.679. The first kappa shape index (κ1) is 20.1. The van der Waals surface area contributed by atoms with Crippen molar-refractivity contribution in [3.8, 4) is 5.69 Å². The lowest BCUT2D eigenvalue weighted by atomic mass is 10.1. The Morgan fingerprint density at radius 3 is 2.41 bits per heavy atom. The minimum atomic E-state index is -4.59. The summed E-state index contributed by atoms with van der Waals surface area (Å²) in [5.41, 5.74) is -1.52. The van der Waals surface area contributed by atoms with Crippen LogP contribution in [-0.2, 0) is 15.7 Å². The molecule has 0 aliphatic carbocycles. The summed E-state index contributed by atoms with van der Waals surface area (Å²) in [6, 6.07) is 10.4. The largest absolute Gasteiger partial charge is 0.468 e. The first-order chi connectivity index (χ1) is 13.7. The van der Waals surface area contributed by atoms with E-state index in [9.17, 15) is 27.6 Å². The predicted molar refractivity (Wildman–Crippen MR) is 98.9 cm³/mol. The van der Waals surface area contributed by atoms with E-state index in [0.717, 1.165) is 30.0 Å². The average Bonchev–Trinajstić information content (AvgIpc) is 2.71. The van der Waals surface area contributed by atoms with Crippen LogP contribution in [0.2, 0.25) is 0 Å². The first-order valence-corrected chi connectivity index (χ1v) is 8.39. The SMILES string of the molecule is COC(=O)CNC(=O)c1cn(-c2cccc(C(F)(F)F)c2)c(=O)c2ccccc12. The van der Waals surface area contributed by atoms with E-state index in [1.165, 1.54) is 18.2 Å². The topological polar surface area (TPSA) is 77.4 Å². The number of carbonyl (C=O) groups is 2. The molecule has 0 saturated heterocycles. The molecule has 2 aromatic carbocycles. The van der Waals surface area contributed by atoms with Gasteiger partial charge in [-0.05, 0) is 24.3 Å². The lowest BCUT2D eigenvalue weighted by molar-refractivity contribution is -0.139. The van der Waals surface area contributed by atoms with E-state index < -0.39 is 35.7 Å². The van der Waals surface area contributed by atoms with Crippen molar-refractivity contribution in [2.24, 2.45) is 0 Å². The molecule has 0 atom stereocenters. The molecular weight excluding hydrogens is 389 g/mol. The lowest BCUT2D eigenvalue weighted by Crippen LogP contribution is -2.31. The van der Waals surface area contributed by atoms with Gasteiger partial charge < -0.3 is 10.1 Å². The van der Waals surface area contributed by atoms with Gasteiger partial charge in [0.25, 0.3) is 11.5 Å². The molecule has 0 unspecified atom stereocenters. The van der Waals surface area contributed by atoms with Crippen LogP contribution in [-0.4, -0.2) is 30.1 Å². The van der Waals surface area contributed by atoms with Gasteiger partial charge in [-0.15, -0.1) is 0 Å². The molecule has 1 heterocycles. The van der Waals surface area contributed by atoms with E-state index in [1.807, 2.05) is 0 Å². The highest BCUT2D eigenvalue weighted by molar-refractivity contribution is 6.07. The summed E-state index contributed by atoms with van der Waals surface area (Å²) in [6.07, 6.45) is -3.43. The van der Waals surface area contributed by atoms with Gasteiger partial charge in [-0.25, -0.2) is 0 Å². The first-order valence-electron chi connectivity index (χ1n) is 8.39. The van der Waals surface area contributed by atoms with Crippen molar-refractivity contribution in [2.45, 2.75) is 6.18 Å². The molecular formula is C20H15F3N2O4. The highest BCUT2D eigenvalue weighted by atomic mass is 19.4. The molecule has 29 heavy (non-hydrogen) atoms. The fourth-order valence-corrected chi connectivity index (χ4v) is 2.82. The number of halogens is 3. The van der Waals surface area contributed by atoms with Gasteiger partial charge in [0, 0.05) is 22.7 Å². The molecule has 9 heteroatoms. The Labute approximate surface area is 162 Å². The molecule has 1 aromatic heterocycles. The molecule has 3 rings (SSSR count). The van der Waals surface area contributed by atoms with E-state index in [1.54, 1.807) is 18.2 Å². The number of hydrogen-bond donors (Lipinski definition) is 1. The van der Waals surface area contributed by atoms with Crippen molar-refractivity contribution in [3.05, 3.63) is 76.2 Å². The molecule has 1 amide bonds. The van der Waals surface area contributed by atoms with E-state index in [-0.39, 0.29) is 16.6 Å². The van der Waals surface area contributed by atoms with Gasteiger partial charge in [-0.3, -0.25) is 19.0 Å². The fraction of sp³-hybridized carbons (Fsp3) is 0.150. The highest BCUT2D eigenvalue weighted by Gasteiger charge is 2.30. The van der Waals surface area contributed by atoms with Gasteiger partial charge in [0.15, 0.2) is 0 Å². The summed E-state index contributed by atoms with van der Waals surface area (Å²) in [7, 11) is 1.16. The monoisotopic (exact) mass is 404 g/mol. The molecule has 150 valence electrons. The minimum absolute atomic E-state index is 0.0292. The molecule has 0 spiro atoms. The number of esters is 1. The maximum Gasteiger partial charge on any atom is 0.416 e. The minimum Gasteiger partial charge on any atom is -0.468 e. The smallest absolute Gasteiger partial charge is 0.416 e. The summed E-state index contributed by atoms with van der Waals surface area (Å²) >= 11 is 0. The number of methoxy groups -OCH3 is 1. The molecule has 0 aliphatic rings. The number of nitrogens with zero attached hydrogens (tertiary/aromatic N) is 1. The van der Waals surface area contributed by atoms with Crippen molar-refractivity contribution in [2.75, 3.05) is 13.7 Å². The summed E-state index contributed by atoms with van der Waals surface area (Å²) in [6.45, 7) is -0.396. The number of pyridine rings is 1. The summed E-state index contributed by atoms with van der Waals surface area (Å²) in [4.78, 5) is 36.7. The van der Waals surface area contributed by atoms with E-state index in [2.05, 4.69) is 10.1 Å². The fourth-order valence-electron chi connectivity index (χ4n) is 2.82. The normalized spacial score (nSPS) is 11.3. The van der Waals surface area contributed by atoms with E-state index in [4.69, 9.17) is 0 Å². The maximum atomic E-state index is 13.1. The summed E-state index contributed by atoms with van der Waals surface area (Å²) < 4.78 is 44.6. The van der Waals surface area contributed by atoms with Crippen molar-refractivity contribution >= 4 is 22.6 Å². The predicted octanol–water partition coefficient (Wildman–Crippen LogP) is 2.91. The van der Waals surface area contributed by atoms with Gasteiger partial charge in [-0.1, -0.05) is 24.3 Å². The second kappa shape index (κ2) is 7.78. The number of rotatable bonds is 4. The second-order valence-electron chi connectivity index (χ2n) is 6.07. The highest BCUT2D eigenvalue weighted by Crippen LogP contribution is 2.30. The number of alkyl halides is 3. The molecule has 0 bridgehead atoms. The summed E-state index contributed by atoms with van der Waals surface area (Å²) in [5.74, 6) is -1.35. The van der Waals surface area contributed by atoms with E-state index in [0.29, 0.717) is 5.39 Å². The Morgan fingerprint density at radius 1 is 1.07 bits per heavy atom. The Morgan fingerprint density at radius 2 is 1.76 bits per heavy atom. The number of carbonyl (C=O) groups excluding carboxylic acids is 2. The third kappa shape index (κ3) is 4.13. The average molecular weight is 404 g/mol. The van der Waals surface area contributed by atoms with Crippen LogP contribution in [0.3, 0.4) is 0 Å². The standard InChI is InChI=1S/C20H15F3N2O4/c1-29-17(26)10-24-18(27)16-11-25(19(28)15-8-3-2-7-14(15)16)13-6-4-5-12(9-13)20(21,22)23/h2-9,11H,10H2,1H3,(H,24,27). The van der Waals surface area contributed by atoms with Gasteiger partial charge in [-0.2, -0.15) is 13.2 Å². The van der Waals surface area contributed by atoms with Crippen LogP contribution in [0.4, 0.5) is 13.2 Å². The van der Waals surface area contributed by atoms with Crippen LogP contribution in [0, 0.1) is 0 Å². The van der Waals surface area contributed by atoms with Crippen molar-refractivity contribution < 1.29 is 27.5 Å².